The van der Waals surface area contributed by atoms with Crippen LogP contribution in [0.2, 0.25) is 0 Å². The lowest BCUT2D eigenvalue weighted by Crippen LogP contribution is -2.64. The first-order valence-electron chi connectivity index (χ1n) is 11.3. The molecule has 1 aliphatic heterocycles. The van der Waals surface area contributed by atoms with Gasteiger partial charge in [-0.2, -0.15) is 0 Å². The zero-order chi connectivity index (χ0) is 23.8. The molecule has 1 heterocycles. The van der Waals surface area contributed by atoms with Gasteiger partial charge in [-0.3, -0.25) is 4.79 Å². The topological polar surface area (TPSA) is 100 Å². The van der Waals surface area contributed by atoms with Gasteiger partial charge in [-0.1, -0.05) is 44.9 Å². The summed E-state index contributed by atoms with van der Waals surface area (Å²) in [7, 11) is 2.98. The molecule has 2 aromatic rings. The van der Waals surface area contributed by atoms with E-state index in [0.717, 1.165) is 24.2 Å². The number of benzene rings is 2. The minimum atomic E-state index is -2.28. The van der Waals surface area contributed by atoms with Gasteiger partial charge in [0.2, 0.25) is 0 Å². The minimum Gasteiger partial charge on any atom is -0.497 e. The number of carbonyl (C=O) groups excluding carboxylic acids is 2. The molecule has 4 atom stereocenters. The summed E-state index contributed by atoms with van der Waals surface area (Å²) in [6.07, 6.45) is 2.94. The van der Waals surface area contributed by atoms with Gasteiger partial charge in [-0.15, -0.1) is 0 Å². The van der Waals surface area contributed by atoms with Crippen molar-refractivity contribution in [1.82, 2.24) is 5.32 Å². The van der Waals surface area contributed by atoms with E-state index >= 15 is 0 Å². The maximum atomic E-state index is 13.8. The molecule has 0 bridgehead atoms. The Morgan fingerprint density at radius 3 is 2.64 bits per heavy atom. The largest absolute Gasteiger partial charge is 0.497 e. The van der Waals surface area contributed by atoms with Gasteiger partial charge in [0.1, 0.15) is 11.5 Å². The van der Waals surface area contributed by atoms with Gasteiger partial charge in [-0.05, 0) is 36.5 Å². The fourth-order valence-electron chi connectivity index (χ4n) is 4.87. The van der Waals surface area contributed by atoms with E-state index < -0.39 is 17.7 Å². The summed E-state index contributed by atoms with van der Waals surface area (Å²) in [5.41, 5.74) is -1.36. The van der Waals surface area contributed by atoms with Crippen molar-refractivity contribution in [3.63, 3.8) is 0 Å². The molecule has 0 spiro atoms. The zero-order valence-corrected chi connectivity index (χ0v) is 19.4. The standard InChI is InChI=1S/C25H31N3O5/c1-15-8-7-11-19(16(15)2)26-23(29)25(31)18-9-5-6-10-20(18)27-24(30)28(25)21-13-12-17(32-3)14-22(21)33-4/h5-6,9-10,12-16,19,31H,7-8,11H2,1-4H3,(H,26,29)(H,27,30)/t15-,16+,19-,25+/m1/s1. The first kappa shape index (κ1) is 22.9. The van der Waals surface area contributed by atoms with E-state index in [9.17, 15) is 14.7 Å². The third kappa shape index (κ3) is 3.88. The summed E-state index contributed by atoms with van der Waals surface area (Å²) in [4.78, 5) is 28.2. The second kappa shape index (κ2) is 8.94. The van der Waals surface area contributed by atoms with Gasteiger partial charge >= 0.3 is 6.03 Å². The minimum absolute atomic E-state index is 0.0953. The molecule has 4 rings (SSSR count). The van der Waals surface area contributed by atoms with Gasteiger partial charge < -0.3 is 25.2 Å². The number of nitrogens with one attached hydrogen (secondary N) is 2. The van der Waals surface area contributed by atoms with Crippen LogP contribution in [0.3, 0.4) is 0 Å². The van der Waals surface area contributed by atoms with Crippen molar-refractivity contribution in [3.05, 3.63) is 48.0 Å². The predicted octanol–water partition coefficient (Wildman–Crippen LogP) is 3.84. The van der Waals surface area contributed by atoms with Crippen molar-refractivity contribution >= 4 is 23.3 Å². The second-order valence-electron chi connectivity index (χ2n) is 8.87. The first-order chi connectivity index (χ1) is 15.8. The Kier molecular flexibility index (Phi) is 6.21. The lowest BCUT2D eigenvalue weighted by atomic mass is 9.78. The lowest BCUT2D eigenvalue weighted by Gasteiger charge is -2.44. The maximum absolute atomic E-state index is 13.8. The number of hydrogen-bond acceptors (Lipinski definition) is 5. The number of urea groups is 1. The van der Waals surface area contributed by atoms with Gasteiger partial charge in [0.25, 0.3) is 11.6 Å². The van der Waals surface area contributed by atoms with E-state index in [4.69, 9.17) is 9.47 Å². The molecule has 0 aromatic heterocycles. The first-order valence-corrected chi connectivity index (χ1v) is 11.3. The fraction of sp³-hybridized carbons (Fsp3) is 0.440. The van der Waals surface area contributed by atoms with Crippen LogP contribution >= 0.6 is 0 Å². The highest BCUT2D eigenvalue weighted by Gasteiger charge is 2.53. The van der Waals surface area contributed by atoms with E-state index in [2.05, 4.69) is 24.5 Å². The highest BCUT2D eigenvalue weighted by atomic mass is 16.5. The summed E-state index contributed by atoms with van der Waals surface area (Å²) in [6, 6.07) is 10.9. The summed E-state index contributed by atoms with van der Waals surface area (Å²) < 4.78 is 10.8. The number of methoxy groups -OCH3 is 2. The summed E-state index contributed by atoms with van der Waals surface area (Å²) >= 11 is 0. The van der Waals surface area contributed by atoms with Crippen LogP contribution in [0.4, 0.5) is 16.2 Å². The normalized spacial score (nSPS) is 26.8. The number of rotatable bonds is 5. The average Bonchev–Trinajstić information content (AvgIpc) is 2.82. The molecular formula is C25H31N3O5. The molecule has 2 aliphatic rings. The van der Waals surface area contributed by atoms with E-state index in [1.54, 1.807) is 42.5 Å². The van der Waals surface area contributed by atoms with Crippen LogP contribution < -0.4 is 25.0 Å². The molecule has 3 amide bonds. The molecule has 8 nitrogen and oxygen atoms in total. The molecule has 0 saturated heterocycles. The van der Waals surface area contributed by atoms with Crippen LogP contribution in [0.25, 0.3) is 0 Å². The number of carbonyl (C=O) groups is 2. The van der Waals surface area contributed by atoms with Crippen LogP contribution in [0.5, 0.6) is 11.5 Å². The number of amides is 3. The van der Waals surface area contributed by atoms with Crippen molar-refractivity contribution in [2.45, 2.75) is 44.9 Å². The van der Waals surface area contributed by atoms with Gasteiger partial charge in [0.15, 0.2) is 0 Å². The number of fused-ring (bicyclic) bond motifs is 1. The van der Waals surface area contributed by atoms with Gasteiger partial charge in [-0.25, -0.2) is 9.69 Å². The number of ether oxygens (including phenoxy) is 2. The van der Waals surface area contributed by atoms with Crippen LogP contribution in [0.15, 0.2) is 42.5 Å². The maximum Gasteiger partial charge on any atom is 0.329 e. The van der Waals surface area contributed by atoms with Crippen molar-refractivity contribution in [1.29, 1.82) is 0 Å². The molecule has 33 heavy (non-hydrogen) atoms. The van der Waals surface area contributed by atoms with Crippen molar-refractivity contribution in [2.24, 2.45) is 11.8 Å². The monoisotopic (exact) mass is 453 g/mol. The molecule has 3 N–H and O–H groups in total. The highest BCUT2D eigenvalue weighted by Crippen LogP contribution is 2.44. The lowest BCUT2D eigenvalue weighted by molar-refractivity contribution is -0.141. The number of nitrogens with zero attached hydrogens (tertiary/aromatic N) is 1. The van der Waals surface area contributed by atoms with Crippen LogP contribution in [0.1, 0.15) is 38.7 Å². The molecule has 1 saturated carbocycles. The number of hydrogen-bond donors (Lipinski definition) is 3. The number of anilines is 2. The Hall–Kier alpha value is -3.26. The van der Waals surface area contributed by atoms with E-state index in [0.29, 0.717) is 17.4 Å². The van der Waals surface area contributed by atoms with Crippen LogP contribution in [0, 0.1) is 11.8 Å². The average molecular weight is 454 g/mol. The Morgan fingerprint density at radius 2 is 1.91 bits per heavy atom. The molecule has 1 aliphatic carbocycles. The molecule has 8 heteroatoms. The molecule has 176 valence electrons. The Bertz CT molecular complexity index is 1060. The van der Waals surface area contributed by atoms with Crippen molar-refractivity contribution < 1.29 is 24.2 Å². The Labute approximate surface area is 193 Å². The molecule has 2 aromatic carbocycles. The van der Waals surface area contributed by atoms with E-state index in [-0.39, 0.29) is 29.0 Å². The molecular weight excluding hydrogens is 422 g/mol. The molecule has 0 radical (unpaired) electrons. The summed E-state index contributed by atoms with van der Waals surface area (Å²) in [6.45, 7) is 4.29. The zero-order valence-electron chi connectivity index (χ0n) is 19.4. The number of para-hydroxylation sites is 1. The fourth-order valence-corrected chi connectivity index (χ4v) is 4.87. The van der Waals surface area contributed by atoms with Crippen molar-refractivity contribution in [2.75, 3.05) is 24.4 Å². The molecule has 0 unspecified atom stereocenters. The SMILES string of the molecule is COc1ccc(N2C(=O)Nc3ccccc3[C@]2(O)C(=O)N[C@@H]2CCC[C@@H](C)[C@@H]2C)c(OC)c1. The summed E-state index contributed by atoms with van der Waals surface area (Å²) in [5.74, 6) is 0.871. The highest BCUT2D eigenvalue weighted by molar-refractivity contribution is 6.12. The van der Waals surface area contributed by atoms with Gasteiger partial charge in [0.05, 0.1) is 25.6 Å². The Balaban J connectivity index is 1.82. The smallest absolute Gasteiger partial charge is 0.329 e. The summed E-state index contributed by atoms with van der Waals surface area (Å²) in [5, 5.41) is 17.9. The Morgan fingerprint density at radius 1 is 1.15 bits per heavy atom. The van der Waals surface area contributed by atoms with Crippen molar-refractivity contribution in [3.8, 4) is 11.5 Å². The van der Waals surface area contributed by atoms with E-state index in [1.807, 2.05) is 0 Å². The van der Waals surface area contributed by atoms with Crippen LogP contribution in [-0.4, -0.2) is 37.3 Å². The van der Waals surface area contributed by atoms with Crippen LogP contribution in [-0.2, 0) is 10.5 Å². The second-order valence-corrected chi connectivity index (χ2v) is 8.87. The predicted molar refractivity (Wildman–Crippen MR) is 125 cm³/mol. The third-order valence-electron chi connectivity index (χ3n) is 7.04. The van der Waals surface area contributed by atoms with Gasteiger partial charge in [0, 0.05) is 17.7 Å². The molecule has 1 fully saturated rings. The third-order valence-corrected chi connectivity index (χ3v) is 7.04. The van der Waals surface area contributed by atoms with E-state index in [1.165, 1.54) is 14.2 Å². The quantitative estimate of drug-likeness (QED) is 0.639. The number of aliphatic hydroxyl groups is 1.